The molecule has 1 fully saturated rings. The highest BCUT2D eigenvalue weighted by molar-refractivity contribution is 5.91. The Morgan fingerprint density at radius 3 is 2.68 bits per heavy atom. The molecule has 0 aliphatic carbocycles. The number of carbonyl (C=O) groups excluding carboxylic acids is 1. The van der Waals surface area contributed by atoms with Gasteiger partial charge in [-0.3, -0.25) is 4.79 Å². The summed E-state index contributed by atoms with van der Waals surface area (Å²) in [6.45, 7) is 5.57. The number of piperazine rings is 1. The average Bonchev–Trinajstić information content (AvgIpc) is 2.83. The van der Waals surface area contributed by atoms with Crippen LogP contribution in [0.5, 0.6) is 5.75 Å². The largest absolute Gasteiger partial charge is 0.497 e. The Morgan fingerprint density at radius 1 is 1.27 bits per heavy atom. The third-order valence-corrected chi connectivity index (χ3v) is 4.51. The maximum atomic E-state index is 12.6. The number of likely N-dealkylation sites (N-methyl/N-ethyl adjacent to an activating group) is 1. The fraction of sp³-hybridized carbons (Fsp3) is 0.471. The van der Waals surface area contributed by atoms with Gasteiger partial charge in [0.25, 0.3) is 0 Å². The lowest BCUT2D eigenvalue weighted by atomic mass is 10.1. The van der Waals surface area contributed by atoms with E-state index in [9.17, 15) is 4.79 Å². The van der Waals surface area contributed by atoms with E-state index in [1.807, 2.05) is 30.0 Å². The van der Waals surface area contributed by atoms with E-state index in [0.29, 0.717) is 6.42 Å². The van der Waals surface area contributed by atoms with Crippen LogP contribution in [0.1, 0.15) is 11.3 Å². The van der Waals surface area contributed by atoms with Gasteiger partial charge in [0, 0.05) is 42.8 Å². The van der Waals surface area contributed by atoms with Gasteiger partial charge in [-0.1, -0.05) is 0 Å². The molecule has 1 aliphatic heterocycles. The minimum absolute atomic E-state index is 0.208. The Balaban J connectivity index is 1.83. The number of H-pyrrole nitrogens is 1. The number of ether oxygens (including phenoxy) is 1. The van der Waals surface area contributed by atoms with Crippen molar-refractivity contribution in [2.24, 2.45) is 0 Å². The summed E-state index contributed by atoms with van der Waals surface area (Å²) in [4.78, 5) is 20.2. The first-order valence-corrected chi connectivity index (χ1v) is 7.70. The van der Waals surface area contributed by atoms with Gasteiger partial charge in [-0.2, -0.15) is 0 Å². The van der Waals surface area contributed by atoms with Crippen LogP contribution >= 0.6 is 0 Å². The molecule has 0 atom stereocenters. The van der Waals surface area contributed by atoms with Crippen molar-refractivity contribution in [2.45, 2.75) is 13.3 Å². The number of carbonyl (C=O) groups is 1. The molecule has 2 heterocycles. The van der Waals surface area contributed by atoms with Crippen LogP contribution in [0.2, 0.25) is 0 Å². The molecule has 0 unspecified atom stereocenters. The van der Waals surface area contributed by atoms with Gasteiger partial charge in [0.05, 0.1) is 13.5 Å². The lowest BCUT2D eigenvalue weighted by Crippen LogP contribution is -2.47. The first kappa shape index (κ1) is 14.9. The second kappa shape index (κ2) is 6.01. The molecule has 2 aromatic rings. The van der Waals surface area contributed by atoms with Gasteiger partial charge in [0.2, 0.25) is 5.91 Å². The van der Waals surface area contributed by atoms with Gasteiger partial charge in [-0.15, -0.1) is 0 Å². The SMILES string of the molecule is COc1ccc2[nH]c(C)c(CC(=O)N3CCN(C)CC3)c2c1. The summed E-state index contributed by atoms with van der Waals surface area (Å²) < 4.78 is 5.30. The fourth-order valence-electron chi connectivity index (χ4n) is 3.04. The van der Waals surface area contributed by atoms with Crippen molar-refractivity contribution >= 4 is 16.8 Å². The number of aromatic amines is 1. The number of hydrogen-bond acceptors (Lipinski definition) is 3. The molecule has 1 aliphatic rings. The number of nitrogens with one attached hydrogen (secondary N) is 1. The normalized spacial score (nSPS) is 16.2. The van der Waals surface area contributed by atoms with Gasteiger partial charge >= 0.3 is 0 Å². The molecule has 1 aromatic heterocycles. The quantitative estimate of drug-likeness (QED) is 0.940. The molecule has 1 aromatic carbocycles. The van der Waals surface area contributed by atoms with Crippen molar-refractivity contribution in [3.8, 4) is 5.75 Å². The van der Waals surface area contributed by atoms with Crippen molar-refractivity contribution < 1.29 is 9.53 Å². The van der Waals surface area contributed by atoms with Crippen LogP contribution in [0.25, 0.3) is 10.9 Å². The number of fused-ring (bicyclic) bond motifs is 1. The summed E-state index contributed by atoms with van der Waals surface area (Å²) in [5.41, 5.74) is 3.20. The minimum atomic E-state index is 0.208. The number of methoxy groups -OCH3 is 1. The van der Waals surface area contributed by atoms with Crippen molar-refractivity contribution in [2.75, 3.05) is 40.3 Å². The topological polar surface area (TPSA) is 48.6 Å². The van der Waals surface area contributed by atoms with Crippen LogP contribution in [0.4, 0.5) is 0 Å². The molecule has 1 amide bonds. The third kappa shape index (κ3) is 2.81. The Kier molecular flexibility index (Phi) is 4.07. The Labute approximate surface area is 130 Å². The van der Waals surface area contributed by atoms with Crippen LogP contribution in [0.3, 0.4) is 0 Å². The second-order valence-corrected chi connectivity index (χ2v) is 6.00. The molecule has 1 N–H and O–H groups in total. The predicted octanol–water partition coefficient (Wildman–Crippen LogP) is 1.80. The molecule has 22 heavy (non-hydrogen) atoms. The first-order chi connectivity index (χ1) is 10.6. The minimum Gasteiger partial charge on any atom is -0.497 e. The summed E-state index contributed by atoms with van der Waals surface area (Å²) in [5, 5.41) is 1.08. The number of nitrogens with zero attached hydrogens (tertiary/aromatic N) is 2. The highest BCUT2D eigenvalue weighted by atomic mass is 16.5. The number of benzene rings is 1. The molecule has 0 saturated carbocycles. The molecule has 0 radical (unpaired) electrons. The lowest BCUT2D eigenvalue weighted by Gasteiger charge is -2.32. The van der Waals surface area contributed by atoms with Crippen LogP contribution in [0.15, 0.2) is 18.2 Å². The smallest absolute Gasteiger partial charge is 0.227 e. The van der Waals surface area contributed by atoms with Gasteiger partial charge in [-0.25, -0.2) is 0 Å². The molecule has 0 spiro atoms. The maximum absolute atomic E-state index is 12.6. The van der Waals surface area contributed by atoms with E-state index in [0.717, 1.165) is 54.1 Å². The van der Waals surface area contributed by atoms with Crippen LogP contribution < -0.4 is 4.74 Å². The van der Waals surface area contributed by atoms with E-state index in [2.05, 4.69) is 16.9 Å². The van der Waals surface area contributed by atoms with Crippen molar-refractivity contribution in [1.29, 1.82) is 0 Å². The summed E-state index contributed by atoms with van der Waals surface area (Å²) >= 11 is 0. The summed E-state index contributed by atoms with van der Waals surface area (Å²) in [7, 11) is 3.76. The molecule has 5 nitrogen and oxygen atoms in total. The lowest BCUT2D eigenvalue weighted by molar-refractivity contribution is -0.132. The van der Waals surface area contributed by atoms with Crippen LogP contribution in [0, 0.1) is 6.92 Å². The van der Waals surface area contributed by atoms with Crippen LogP contribution in [-0.2, 0) is 11.2 Å². The summed E-state index contributed by atoms with van der Waals surface area (Å²) in [6, 6.07) is 5.95. The average molecular weight is 301 g/mol. The van der Waals surface area contributed by atoms with E-state index in [-0.39, 0.29) is 5.91 Å². The van der Waals surface area contributed by atoms with Gasteiger partial charge in [0.15, 0.2) is 0 Å². The second-order valence-electron chi connectivity index (χ2n) is 6.00. The van der Waals surface area contributed by atoms with E-state index in [4.69, 9.17) is 4.74 Å². The molecule has 0 bridgehead atoms. The number of rotatable bonds is 3. The Hall–Kier alpha value is -2.01. The first-order valence-electron chi connectivity index (χ1n) is 7.70. The van der Waals surface area contributed by atoms with E-state index in [1.54, 1.807) is 7.11 Å². The molecular formula is C17H23N3O2. The maximum Gasteiger partial charge on any atom is 0.227 e. The predicted molar refractivity (Wildman–Crippen MR) is 87.4 cm³/mol. The molecule has 3 rings (SSSR count). The van der Waals surface area contributed by atoms with E-state index >= 15 is 0 Å². The van der Waals surface area contributed by atoms with Crippen LogP contribution in [-0.4, -0.2) is 61.0 Å². The summed E-state index contributed by atoms with van der Waals surface area (Å²) in [6.07, 6.45) is 0.447. The zero-order chi connectivity index (χ0) is 15.7. The standard InChI is InChI=1S/C17H23N3O2/c1-12-14(11-17(21)20-8-6-19(2)7-9-20)15-10-13(22-3)4-5-16(15)18-12/h4-5,10,18H,6-9,11H2,1-3H3. The van der Waals surface area contributed by atoms with Crippen molar-refractivity contribution in [3.05, 3.63) is 29.5 Å². The molecular weight excluding hydrogens is 278 g/mol. The number of aromatic nitrogens is 1. The van der Waals surface area contributed by atoms with Crippen molar-refractivity contribution in [1.82, 2.24) is 14.8 Å². The van der Waals surface area contributed by atoms with Gasteiger partial charge < -0.3 is 19.5 Å². The van der Waals surface area contributed by atoms with E-state index < -0.39 is 0 Å². The highest BCUT2D eigenvalue weighted by Gasteiger charge is 2.21. The highest BCUT2D eigenvalue weighted by Crippen LogP contribution is 2.27. The molecule has 118 valence electrons. The number of amides is 1. The van der Waals surface area contributed by atoms with Gasteiger partial charge in [0.1, 0.15) is 5.75 Å². The van der Waals surface area contributed by atoms with Gasteiger partial charge in [-0.05, 0) is 37.7 Å². The monoisotopic (exact) mass is 301 g/mol. The fourth-order valence-corrected chi connectivity index (χ4v) is 3.04. The molecule has 5 heteroatoms. The summed E-state index contributed by atoms with van der Waals surface area (Å²) in [5.74, 6) is 1.03. The third-order valence-electron chi connectivity index (χ3n) is 4.51. The Bertz CT molecular complexity index is 685. The zero-order valence-electron chi connectivity index (χ0n) is 13.5. The number of aryl methyl sites for hydroxylation is 1. The van der Waals surface area contributed by atoms with E-state index in [1.165, 1.54) is 0 Å². The Morgan fingerprint density at radius 2 is 2.00 bits per heavy atom. The zero-order valence-corrected chi connectivity index (χ0v) is 13.5. The van der Waals surface area contributed by atoms with Crippen molar-refractivity contribution in [3.63, 3.8) is 0 Å². The molecule has 1 saturated heterocycles. The number of hydrogen-bond donors (Lipinski definition) is 1.